The second-order valence-electron chi connectivity index (χ2n) is 7.06. The van der Waals surface area contributed by atoms with Crippen LogP contribution in [-0.4, -0.2) is 29.4 Å². The van der Waals surface area contributed by atoms with Gasteiger partial charge in [-0.05, 0) is 37.5 Å². The summed E-state index contributed by atoms with van der Waals surface area (Å²) in [5.74, 6) is 1.84. The molecule has 19 heavy (non-hydrogen) atoms. The van der Waals surface area contributed by atoms with Crippen LogP contribution in [0.4, 0.5) is 0 Å². The fourth-order valence-corrected chi connectivity index (χ4v) is 3.66. The normalized spacial score (nSPS) is 24.7. The van der Waals surface area contributed by atoms with Crippen LogP contribution in [0.2, 0.25) is 0 Å². The molecule has 0 aromatic rings. The smallest absolute Gasteiger partial charge is 0.224 e. The summed E-state index contributed by atoms with van der Waals surface area (Å²) in [6.45, 7) is 6.47. The van der Waals surface area contributed by atoms with Crippen LogP contribution in [0, 0.1) is 11.8 Å². The van der Waals surface area contributed by atoms with E-state index in [2.05, 4.69) is 18.7 Å². The molecule has 1 saturated heterocycles. The first-order valence-electron chi connectivity index (χ1n) is 8.07. The van der Waals surface area contributed by atoms with Crippen LogP contribution in [0.15, 0.2) is 0 Å². The van der Waals surface area contributed by atoms with Crippen LogP contribution in [0.25, 0.3) is 0 Å². The number of nitrogens with two attached hydrogens (primary N) is 1. The Morgan fingerprint density at radius 1 is 1.21 bits per heavy atom. The van der Waals surface area contributed by atoms with Crippen molar-refractivity contribution in [3.63, 3.8) is 0 Å². The summed E-state index contributed by atoms with van der Waals surface area (Å²) in [7, 11) is 0. The van der Waals surface area contributed by atoms with Crippen LogP contribution >= 0.6 is 0 Å². The van der Waals surface area contributed by atoms with Crippen molar-refractivity contribution in [2.24, 2.45) is 17.6 Å². The number of carbonyl (C=O) groups is 1. The quantitative estimate of drug-likeness (QED) is 0.853. The Balaban J connectivity index is 1.81. The van der Waals surface area contributed by atoms with E-state index in [9.17, 15) is 4.79 Å². The van der Waals surface area contributed by atoms with Gasteiger partial charge in [-0.25, -0.2) is 0 Å². The molecule has 3 nitrogen and oxygen atoms in total. The van der Waals surface area contributed by atoms with Crippen LogP contribution in [0.3, 0.4) is 0 Å². The molecule has 0 spiro atoms. The molecule has 0 aromatic heterocycles. The van der Waals surface area contributed by atoms with Crippen molar-refractivity contribution in [1.82, 2.24) is 4.90 Å². The topological polar surface area (TPSA) is 46.3 Å². The molecule has 0 radical (unpaired) electrons. The van der Waals surface area contributed by atoms with Gasteiger partial charge in [0.05, 0.1) is 0 Å². The van der Waals surface area contributed by atoms with Crippen molar-refractivity contribution in [1.29, 1.82) is 0 Å². The third kappa shape index (κ3) is 3.95. The number of piperidine rings is 1. The summed E-state index contributed by atoms with van der Waals surface area (Å²) in [5.41, 5.74) is 6.19. The summed E-state index contributed by atoms with van der Waals surface area (Å²) in [6, 6.07) is 0. The number of likely N-dealkylation sites (tertiary alicyclic amines) is 1. The van der Waals surface area contributed by atoms with Gasteiger partial charge in [0.15, 0.2) is 0 Å². The van der Waals surface area contributed by atoms with Crippen molar-refractivity contribution in [2.75, 3.05) is 13.1 Å². The zero-order chi connectivity index (χ0) is 13.9. The standard InChI is InChI=1S/C16H30N2O/c1-13(2)14-6-10-18(11-7-14)15(19)12-16(17)8-4-3-5-9-16/h13-14H,3-12,17H2,1-2H3. The van der Waals surface area contributed by atoms with Gasteiger partial charge in [-0.1, -0.05) is 33.1 Å². The van der Waals surface area contributed by atoms with Crippen molar-refractivity contribution >= 4 is 5.91 Å². The third-order valence-corrected chi connectivity index (χ3v) is 5.19. The maximum Gasteiger partial charge on any atom is 0.224 e. The van der Waals surface area contributed by atoms with Crippen molar-refractivity contribution in [3.8, 4) is 0 Å². The molecule has 1 aliphatic carbocycles. The molecule has 0 atom stereocenters. The highest BCUT2D eigenvalue weighted by Crippen LogP contribution is 2.30. The molecule has 3 heteroatoms. The minimum absolute atomic E-state index is 0.204. The maximum absolute atomic E-state index is 12.4. The number of hydrogen-bond donors (Lipinski definition) is 1. The fraction of sp³-hybridized carbons (Fsp3) is 0.938. The molecule has 0 bridgehead atoms. The summed E-state index contributed by atoms with van der Waals surface area (Å²) in [5, 5.41) is 0. The van der Waals surface area contributed by atoms with E-state index in [1.807, 2.05) is 0 Å². The number of rotatable bonds is 3. The van der Waals surface area contributed by atoms with Crippen molar-refractivity contribution in [2.45, 2.75) is 70.8 Å². The highest BCUT2D eigenvalue weighted by Gasteiger charge is 2.33. The van der Waals surface area contributed by atoms with Gasteiger partial charge in [0.2, 0.25) is 5.91 Å². The van der Waals surface area contributed by atoms with E-state index in [4.69, 9.17) is 5.73 Å². The zero-order valence-electron chi connectivity index (χ0n) is 12.7. The molecular weight excluding hydrogens is 236 g/mol. The first kappa shape index (κ1) is 14.8. The largest absolute Gasteiger partial charge is 0.343 e. The van der Waals surface area contributed by atoms with E-state index in [1.54, 1.807) is 0 Å². The monoisotopic (exact) mass is 266 g/mol. The molecule has 0 unspecified atom stereocenters. The van der Waals surface area contributed by atoms with Crippen LogP contribution in [-0.2, 0) is 4.79 Å². The van der Waals surface area contributed by atoms with Crippen molar-refractivity contribution < 1.29 is 4.79 Å². The molecule has 2 aliphatic rings. The number of hydrogen-bond acceptors (Lipinski definition) is 2. The van der Waals surface area contributed by atoms with Gasteiger partial charge in [-0.2, -0.15) is 0 Å². The van der Waals surface area contributed by atoms with Gasteiger partial charge in [0.1, 0.15) is 0 Å². The van der Waals surface area contributed by atoms with Gasteiger partial charge in [0.25, 0.3) is 0 Å². The van der Waals surface area contributed by atoms with Crippen molar-refractivity contribution in [3.05, 3.63) is 0 Å². The van der Waals surface area contributed by atoms with Gasteiger partial charge in [-0.3, -0.25) is 4.79 Å². The molecule has 1 saturated carbocycles. The second-order valence-corrected chi connectivity index (χ2v) is 7.06. The summed E-state index contributed by atoms with van der Waals surface area (Å²) in [6.07, 6.45) is 8.63. The van der Waals surface area contributed by atoms with E-state index < -0.39 is 0 Å². The zero-order valence-corrected chi connectivity index (χ0v) is 12.7. The molecule has 1 heterocycles. The molecule has 1 aliphatic heterocycles. The van der Waals surface area contributed by atoms with Crippen LogP contribution in [0.1, 0.15) is 65.2 Å². The molecule has 2 rings (SSSR count). The summed E-state index contributed by atoms with van der Waals surface area (Å²) >= 11 is 0. The lowest BCUT2D eigenvalue weighted by Gasteiger charge is -2.38. The Morgan fingerprint density at radius 3 is 2.32 bits per heavy atom. The molecule has 2 N–H and O–H groups in total. The van der Waals surface area contributed by atoms with Gasteiger partial charge < -0.3 is 10.6 Å². The second kappa shape index (κ2) is 6.25. The van der Waals surface area contributed by atoms with Crippen LogP contribution < -0.4 is 5.73 Å². The van der Waals surface area contributed by atoms with E-state index in [-0.39, 0.29) is 5.54 Å². The van der Waals surface area contributed by atoms with E-state index in [1.165, 1.54) is 32.1 Å². The minimum atomic E-state index is -0.204. The van der Waals surface area contributed by atoms with Gasteiger partial charge >= 0.3 is 0 Å². The van der Waals surface area contributed by atoms with E-state index in [0.29, 0.717) is 12.3 Å². The molecule has 2 fully saturated rings. The first-order chi connectivity index (χ1) is 9.00. The van der Waals surface area contributed by atoms with Gasteiger partial charge in [0, 0.05) is 25.0 Å². The lowest BCUT2D eigenvalue weighted by atomic mass is 9.79. The Hall–Kier alpha value is -0.570. The average Bonchev–Trinajstić information content (AvgIpc) is 2.39. The predicted octanol–water partition coefficient (Wildman–Crippen LogP) is 2.93. The highest BCUT2D eigenvalue weighted by molar-refractivity contribution is 5.77. The lowest BCUT2D eigenvalue weighted by molar-refractivity contribution is -0.134. The molecular formula is C16H30N2O. The Bertz CT molecular complexity index is 300. The summed E-state index contributed by atoms with van der Waals surface area (Å²) in [4.78, 5) is 14.5. The van der Waals surface area contributed by atoms with E-state index >= 15 is 0 Å². The predicted molar refractivity (Wildman–Crippen MR) is 78.8 cm³/mol. The Morgan fingerprint density at radius 2 is 1.79 bits per heavy atom. The fourth-order valence-electron chi connectivity index (χ4n) is 3.66. The molecule has 110 valence electrons. The molecule has 1 amide bonds. The third-order valence-electron chi connectivity index (χ3n) is 5.19. The minimum Gasteiger partial charge on any atom is -0.343 e. The summed E-state index contributed by atoms with van der Waals surface area (Å²) < 4.78 is 0. The first-order valence-corrected chi connectivity index (χ1v) is 8.07. The maximum atomic E-state index is 12.4. The number of nitrogens with zero attached hydrogens (tertiary/aromatic N) is 1. The van der Waals surface area contributed by atoms with Crippen LogP contribution in [0.5, 0.6) is 0 Å². The number of carbonyl (C=O) groups excluding carboxylic acids is 1. The SMILES string of the molecule is CC(C)C1CCN(C(=O)CC2(N)CCCCC2)CC1. The average molecular weight is 266 g/mol. The number of amides is 1. The Labute approximate surface area is 117 Å². The highest BCUT2D eigenvalue weighted by atomic mass is 16.2. The lowest BCUT2D eigenvalue weighted by Crippen LogP contribution is -2.48. The Kier molecular flexibility index (Phi) is 4.88. The van der Waals surface area contributed by atoms with E-state index in [0.717, 1.165) is 37.8 Å². The molecule has 0 aromatic carbocycles. The van der Waals surface area contributed by atoms with Gasteiger partial charge in [-0.15, -0.1) is 0 Å².